The Balaban J connectivity index is 2.95. The number of nitrogens with one attached hydrogen (secondary N) is 1. The van der Waals surface area contributed by atoms with Gasteiger partial charge in [0.2, 0.25) is 0 Å². The van der Waals surface area contributed by atoms with E-state index in [1.54, 1.807) is 0 Å². The lowest BCUT2D eigenvalue weighted by Gasteiger charge is -2.29. The fourth-order valence-corrected chi connectivity index (χ4v) is 1.46. The average molecular weight is 323 g/mol. The number of halogens is 3. The third-order valence-electron chi connectivity index (χ3n) is 2.63. The summed E-state index contributed by atoms with van der Waals surface area (Å²) in [6, 6.07) is 4.17. The van der Waals surface area contributed by atoms with Gasteiger partial charge in [0.1, 0.15) is 5.82 Å². The Bertz CT molecular complexity index is 435. The molecule has 0 radical (unpaired) electrons. The summed E-state index contributed by atoms with van der Waals surface area (Å²) in [7, 11) is 0. The molecule has 0 aliphatic rings. The SMILES string of the molecule is CC(Br)C(C)(C)NC(=O)c1cccc(F)c1Cl. The van der Waals surface area contributed by atoms with Gasteiger partial charge < -0.3 is 5.32 Å². The quantitative estimate of drug-likeness (QED) is 0.843. The van der Waals surface area contributed by atoms with E-state index in [1.165, 1.54) is 18.2 Å². The van der Waals surface area contributed by atoms with Gasteiger partial charge in [0.15, 0.2) is 0 Å². The van der Waals surface area contributed by atoms with Crippen LogP contribution in [0.15, 0.2) is 18.2 Å². The Hall–Kier alpha value is -0.610. The Labute approximate surface area is 114 Å². The Morgan fingerprint density at radius 2 is 2.12 bits per heavy atom. The largest absolute Gasteiger partial charge is 0.346 e. The van der Waals surface area contributed by atoms with Crippen molar-refractivity contribution in [2.45, 2.75) is 31.1 Å². The number of benzene rings is 1. The first-order valence-electron chi connectivity index (χ1n) is 5.16. The first-order valence-corrected chi connectivity index (χ1v) is 6.45. The van der Waals surface area contributed by atoms with Crippen LogP contribution in [-0.2, 0) is 0 Å². The summed E-state index contributed by atoms with van der Waals surface area (Å²) < 4.78 is 13.2. The predicted molar refractivity (Wildman–Crippen MR) is 71.3 cm³/mol. The van der Waals surface area contributed by atoms with Gasteiger partial charge in [-0.1, -0.05) is 40.5 Å². The van der Waals surface area contributed by atoms with Gasteiger partial charge >= 0.3 is 0 Å². The molecular formula is C12H14BrClFNO. The van der Waals surface area contributed by atoms with Crippen LogP contribution in [0.3, 0.4) is 0 Å². The Kier molecular flexibility index (Phi) is 4.55. The van der Waals surface area contributed by atoms with Crippen molar-refractivity contribution in [2.24, 2.45) is 0 Å². The maximum Gasteiger partial charge on any atom is 0.253 e. The first-order chi connectivity index (χ1) is 7.75. The van der Waals surface area contributed by atoms with E-state index in [9.17, 15) is 9.18 Å². The van der Waals surface area contributed by atoms with Crippen LogP contribution in [0, 0.1) is 5.82 Å². The van der Waals surface area contributed by atoms with E-state index in [0.29, 0.717) is 0 Å². The molecule has 94 valence electrons. The number of alkyl halides is 1. The minimum absolute atomic E-state index is 0.0753. The molecule has 1 aromatic rings. The van der Waals surface area contributed by atoms with Crippen molar-refractivity contribution >= 4 is 33.4 Å². The molecule has 0 bridgehead atoms. The van der Waals surface area contributed by atoms with Crippen molar-refractivity contribution in [3.8, 4) is 0 Å². The molecule has 0 saturated heterocycles. The number of hydrogen-bond donors (Lipinski definition) is 1. The third-order valence-corrected chi connectivity index (χ3v) is 4.16. The molecule has 0 aromatic heterocycles. The molecule has 0 saturated carbocycles. The fraction of sp³-hybridized carbons (Fsp3) is 0.417. The number of carbonyl (C=O) groups is 1. The van der Waals surface area contributed by atoms with Gasteiger partial charge in [-0.3, -0.25) is 4.79 Å². The van der Waals surface area contributed by atoms with Gasteiger partial charge in [0, 0.05) is 10.4 Å². The van der Waals surface area contributed by atoms with Gasteiger partial charge in [-0.2, -0.15) is 0 Å². The summed E-state index contributed by atoms with van der Waals surface area (Å²) >= 11 is 9.16. The van der Waals surface area contributed by atoms with E-state index >= 15 is 0 Å². The van der Waals surface area contributed by atoms with Crippen molar-refractivity contribution < 1.29 is 9.18 Å². The minimum atomic E-state index is -0.594. The number of hydrogen-bond acceptors (Lipinski definition) is 1. The van der Waals surface area contributed by atoms with Gasteiger partial charge in [-0.15, -0.1) is 0 Å². The average Bonchev–Trinajstić information content (AvgIpc) is 2.21. The maximum atomic E-state index is 13.2. The summed E-state index contributed by atoms with van der Waals surface area (Å²) in [6.07, 6.45) is 0. The van der Waals surface area contributed by atoms with Crippen molar-refractivity contribution in [3.63, 3.8) is 0 Å². The highest BCUT2D eigenvalue weighted by Gasteiger charge is 2.27. The highest BCUT2D eigenvalue weighted by atomic mass is 79.9. The molecule has 1 rings (SSSR count). The van der Waals surface area contributed by atoms with Crippen molar-refractivity contribution in [3.05, 3.63) is 34.6 Å². The summed E-state index contributed by atoms with van der Waals surface area (Å²) in [5, 5.41) is 2.65. The van der Waals surface area contributed by atoms with Crippen LogP contribution >= 0.6 is 27.5 Å². The molecule has 1 atom stereocenters. The molecule has 1 unspecified atom stereocenters. The normalized spacial score (nSPS) is 13.3. The van der Waals surface area contributed by atoms with Crippen molar-refractivity contribution in [1.82, 2.24) is 5.32 Å². The monoisotopic (exact) mass is 321 g/mol. The third kappa shape index (κ3) is 3.42. The fourth-order valence-electron chi connectivity index (χ4n) is 1.14. The molecule has 0 aliphatic carbocycles. The molecule has 2 nitrogen and oxygen atoms in total. The lowest BCUT2D eigenvalue weighted by atomic mass is 10.0. The summed E-state index contributed by atoms with van der Waals surface area (Å²) in [6.45, 7) is 5.67. The van der Waals surface area contributed by atoms with Gasteiger partial charge in [0.05, 0.1) is 10.6 Å². The zero-order valence-corrected chi connectivity index (χ0v) is 12.2. The van der Waals surface area contributed by atoms with Gasteiger partial charge in [0.25, 0.3) is 5.91 Å². The van der Waals surface area contributed by atoms with E-state index < -0.39 is 11.4 Å². The van der Waals surface area contributed by atoms with Gasteiger partial charge in [-0.25, -0.2) is 4.39 Å². The zero-order chi connectivity index (χ0) is 13.2. The molecule has 0 fully saturated rings. The molecule has 5 heteroatoms. The van der Waals surface area contributed by atoms with E-state index in [1.807, 2.05) is 20.8 Å². The number of carbonyl (C=O) groups excluding carboxylic acids is 1. The van der Waals surface area contributed by atoms with Crippen molar-refractivity contribution in [2.75, 3.05) is 0 Å². The van der Waals surface area contributed by atoms with Crippen LogP contribution in [-0.4, -0.2) is 16.3 Å². The van der Waals surface area contributed by atoms with E-state index in [4.69, 9.17) is 11.6 Å². The molecule has 1 amide bonds. The zero-order valence-electron chi connectivity index (χ0n) is 9.85. The predicted octanol–water partition coefficient (Wildman–Crippen LogP) is 3.77. The summed E-state index contributed by atoms with van der Waals surface area (Å²) in [5.74, 6) is -0.977. The second kappa shape index (κ2) is 5.36. The molecule has 17 heavy (non-hydrogen) atoms. The van der Waals surface area contributed by atoms with Gasteiger partial charge in [-0.05, 0) is 26.0 Å². The highest BCUT2D eigenvalue weighted by molar-refractivity contribution is 9.09. The second-order valence-corrected chi connectivity index (χ2v) is 6.14. The lowest BCUT2D eigenvalue weighted by molar-refractivity contribution is 0.0913. The molecule has 0 spiro atoms. The first kappa shape index (κ1) is 14.5. The Morgan fingerprint density at radius 1 is 1.53 bits per heavy atom. The molecule has 1 aromatic carbocycles. The van der Waals surface area contributed by atoms with Crippen LogP contribution in [0.5, 0.6) is 0 Å². The Morgan fingerprint density at radius 3 is 2.65 bits per heavy atom. The smallest absolute Gasteiger partial charge is 0.253 e. The molecule has 0 aliphatic heterocycles. The van der Waals surface area contributed by atoms with Crippen LogP contribution in [0.25, 0.3) is 0 Å². The van der Waals surface area contributed by atoms with Crippen LogP contribution in [0.4, 0.5) is 4.39 Å². The van der Waals surface area contributed by atoms with Crippen molar-refractivity contribution in [1.29, 1.82) is 0 Å². The topological polar surface area (TPSA) is 29.1 Å². The molecule has 1 N–H and O–H groups in total. The summed E-state index contributed by atoms with van der Waals surface area (Å²) in [5.41, 5.74) is -0.305. The number of rotatable bonds is 3. The van der Waals surface area contributed by atoms with Crippen LogP contribution in [0.1, 0.15) is 31.1 Å². The number of amides is 1. The van der Waals surface area contributed by atoms with E-state index in [2.05, 4.69) is 21.2 Å². The summed E-state index contributed by atoms with van der Waals surface area (Å²) in [4.78, 5) is 12.0. The second-order valence-electron chi connectivity index (χ2n) is 4.39. The highest BCUT2D eigenvalue weighted by Crippen LogP contribution is 2.22. The van der Waals surface area contributed by atoms with E-state index in [0.717, 1.165) is 0 Å². The minimum Gasteiger partial charge on any atom is -0.346 e. The standard InChI is InChI=1S/C12H14BrClFNO/c1-7(13)12(2,3)16-11(17)8-5-4-6-9(15)10(8)14/h4-7H,1-3H3,(H,16,17). The van der Waals surface area contributed by atoms with Crippen LogP contribution < -0.4 is 5.32 Å². The van der Waals surface area contributed by atoms with E-state index in [-0.39, 0.29) is 21.3 Å². The lowest BCUT2D eigenvalue weighted by Crippen LogP contribution is -2.48. The molecule has 0 heterocycles. The van der Waals surface area contributed by atoms with Crippen LogP contribution in [0.2, 0.25) is 5.02 Å². The maximum absolute atomic E-state index is 13.2. The molecular weight excluding hydrogens is 308 g/mol.